The normalized spacial score (nSPS) is 14.7. The minimum atomic E-state index is -1.65. The molecule has 0 saturated carbocycles. The van der Waals surface area contributed by atoms with Crippen molar-refractivity contribution < 1.29 is 82.4 Å². The average molecular weight is 1270 g/mol. The number of aliphatic carboxylic acids is 3. The standard InChI is InChI=1S/C57H101N13O17S/c1-30(2)27-41(48(60)78)67-52(82)39(19-22-46(76)77)64-49(79)35(15-11-13-24-58)62-51(81)38(18-21-45(74)75)65-53(83)40(23-26-88-10)66-56(86)43(29-32(5)6)69-57(87)47(33(7)8)70-54(84)36(16-12-14-25-59)63-55(85)42(28-31(3)4)68-50(80)37(61-34(9)71)17-20-44(72)73/h30-33,35-43,47H,11-29,58-59H2,1-10H3,(H2,60,78)(H,61,71)(H,62,81)(H,63,85)(H,64,79)(H,65,83)(H,66,86)(H,67,82)(H,68,80)(H,69,87)(H,70,84)(H,72,73)(H,74,75)(H,76,77)/t35-,36-,37-,38-,39-,40-,41-,42-,43-,47-/m0/s1. The summed E-state index contributed by atoms with van der Waals surface area (Å²) in [5, 5.41) is 54.0. The molecule has 0 aliphatic rings. The average Bonchev–Trinajstić information content (AvgIpc) is 3.51. The largest absolute Gasteiger partial charge is 0.481 e. The number of nitrogens with two attached hydrogens (primary N) is 3. The lowest BCUT2D eigenvalue weighted by Crippen LogP contribution is -2.61. The minimum absolute atomic E-state index is 0.00673. The van der Waals surface area contributed by atoms with Crippen molar-refractivity contribution in [1.29, 1.82) is 0 Å². The van der Waals surface area contributed by atoms with E-state index in [1.165, 1.54) is 11.8 Å². The van der Waals surface area contributed by atoms with Gasteiger partial charge in [0.2, 0.25) is 65.0 Å². The van der Waals surface area contributed by atoms with Crippen LogP contribution in [-0.4, -0.2) is 184 Å². The Bertz CT molecular complexity index is 2330. The van der Waals surface area contributed by atoms with Crippen LogP contribution < -0.4 is 70.4 Å². The number of hydrogen-bond acceptors (Lipinski definition) is 17. The Morgan fingerprint density at radius 2 is 0.636 bits per heavy atom. The van der Waals surface area contributed by atoms with Gasteiger partial charge in [0.25, 0.3) is 0 Å². The van der Waals surface area contributed by atoms with E-state index in [1.54, 1.807) is 61.6 Å². The first-order valence-corrected chi connectivity index (χ1v) is 31.4. The van der Waals surface area contributed by atoms with Gasteiger partial charge in [-0.2, -0.15) is 11.8 Å². The predicted molar refractivity (Wildman–Crippen MR) is 327 cm³/mol. The SMILES string of the molecule is CSCC[C@H](NC(=O)[C@H](CC(C)C)NC(=O)[C@@H](NC(=O)[C@H](CCCCN)NC(=O)[C@H](CC(C)C)NC(=O)[C@H](CCC(=O)O)NC(C)=O)C(C)C)C(=O)N[C@@H](CCC(=O)O)C(=O)N[C@@H](CCCCN)C(=O)N[C@@H](CCC(=O)O)C(=O)N[C@@H](CC(C)C)C(N)=O. The summed E-state index contributed by atoms with van der Waals surface area (Å²) in [6.07, 6.45) is 0.274. The van der Waals surface area contributed by atoms with E-state index in [0.29, 0.717) is 19.3 Å². The highest BCUT2D eigenvalue weighted by Crippen LogP contribution is 2.15. The number of amides is 11. The Morgan fingerprint density at radius 3 is 0.932 bits per heavy atom. The van der Waals surface area contributed by atoms with Crippen molar-refractivity contribution in [2.45, 2.75) is 225 Å². The molecule has 0 rings (SSSR count). The molecule has 0 aromatic carbocycles. The third-order valence-electron chi connectivity index (χ3n) is 13.6. The fourth-order valence-corrected chi connectivity index (χ4v) is 9.43. The molecule has 0 saturated heterocycles. The predicted octanol–water partition coefficient (Wildman–Crippen LogP) is -1.26. The first kappa shape index (κ1) is 80.8. The summed E-state index contributed by atoms with van der Waals surface area (Å²) in [5.74, 6) is -14.2. The van der Waals surface area contributed by atoms with Crippen molar-refractivity contribution in [2.24, 2.45) is 40.9 Å². The van der Waals surface area contributed by atoms with E-state index in [1.807, 2.05) is 0 Å². The molecule has 0 aromatic heterocycles. The number of carboxylic acid groups (broad SMARTS) is 3. The molecule has 0 aliphatic carbocycles. The molecular formula is C57H101N13O17S. The van der Waals surface area contributed by atoms with Gasteiger partial charge >= 0.3 is 17.9 Å². The summed E-state index contributed by atoms with van der Waals surface area (Å²) in [5.41, 5.74) is 17.0. The molecule has 0 aliphatic heterocycles. The summed E-state index contributed by atoms with van der Waals surface area (Å²) >= 11 is 1.30. The van der Waals surface area contributed by atoms with Gasteiger partial charge in [-0.25, -0.2) is 0 Å². The molecule has 30 nitrogen and oxygen atoms in total. The smallest absolute Gasteiger partial charge is 0.303 e. The number of carbonyl (C=O) groups excluding carboxylic acids is 11. The molecule has 502 valence electrons. The van der Waals surface area contributed by atoms with Crippen molar-refractivity contribution in [1.82, 2.24) is 53.2 Å². The van der Waals surface area contributed by atoms with Crippen LogP contribution >= 0.6 is 11.8 Å². The minimum Gasteiger partial charge on any atom is -0.481 e. The number of carbonyl (C=O) groups is 14. The number of rotatable bonds is 47. The molecule has 0 bridgehead atoms. The summed E-state index contributed by atoms with van der Waals surface area (Å²) in [4.78, 5) is 185. The number of primary amides is 1. The van der Waals surface area contributed by atoms with E-state index in [-0.39, 0.29) is 88.0 Å². The Labute approximate surface area is 519 Å². The molecule has 0 fully saturated rings. The van der Waals surface area contributed by atoms with Crippen LogP contribution in [0.15, 0.2) is 0 Å². The van der Waals surface area contributed by atoms with Crippen molar-refractivity contribution >= 4 is 94.6 Å². The third-order valence-corrected chi connectivity index (χ3v) is 14.2. The maximum absolute atomic E-state index is 14.4. The Morgan fingerprint density at radius 1 is 0.364 bits per heavy atom. The van der Waals surface area contributed by atoms with Gasteiger partial charge in [-0.3, -0.25) is 67.1 Å². The number of unbranched alkanes of at least 4 members (excludes halogenated alkanes) is 2. The quantitative estimate of drug-likeness (QED) is 0.0316. The van der Waals surface area contributed by atoms with E-state index in [0.717, 1.165) is 6.92 Å². The van der Waals surface area contributed by atoms with Crippen molar-refractivity contribution in [2.75, 3.05) is 25.1 Å². The van der Waals surface area contributed by atoms with Crippen molar-refractivity contribution in [3.05, 3.63) is 0 Å². The van der Waals surface area contributed by atoms with Gasteiger partial charge in [-0.15, -0.1) is 0 Å². The van der Waals surface area contributed by atoms with Gasteiger partial charge < -0.3 is 85.7 Å². The molecule has 0 radical (unpaired) electrons. The second-order valence-electron chi connectivity index (χ2n) is 23.4. The zero-order valence-corrected chi connectivity index (χ0v) is 53.5. The molecule has 0 unspecified atom stereocenters. The molecule has 19 N–H and O–H groups in total. The van der Waals surface area contributed by atoms with Gasteiger partial charge in [-0.1, -0.05) is 55.4 Å². The van der Waals surface area contributed by atoms with Crippen molar-refractivity contribution in [3.8, 4) is 0 Å². The van der Waals surface area contributed by atoms with E-state index in [2.05, 4.69) is 53.2 Å². The summed E-state index contributed by atoms with van der Waals surface area (Å²) in [6.45, 7) is 15.4. The molecule has 0 aromatic rings. The molecule has 10 atom stereocenters. The molecule has 0 spiro atoms. The van der Waals surface area contributed by atoms with Gasteiger partial charge in [-0.05, 0) is 132 Å². The summed E-state index contributed by atoms with van der Waals surface area (Å²) < 4.78 is 0. The number of thioether (sulfide) groups is 1. The molecule has 0 heterocycles. The van der Waals surface area contributed by atoms with Gasteiger partial charge in [0.1, 0.15) is 60.4 Å². The second kappa shape index (κ2) is 43.5. The third kappa shape index (κ3) is 34.4. The van der Waals surface area contributed by atoms with E-state index < -0.39 is 181 Å². The van der Waals surface area contributed by atoms with Crippen LogP contribution in [0.3, 0.4) is 0 Å². The van der Waals surface area contributed by atoms with E-state index >= 15 is 0 Å². The van der Waals surface area contributed by atoms with E-state index in [4.69, 9.17) is 17.2 Å². The second-order valence-corrected chi connectivity index (χ2v) is 24.4. The lowest BCUT2D eigenvalue weighted by Gasteiger charge is -2.30. The van der Waals surface area contributed by atoms with Gasteiger partial charge in [0.05, 0.1) is 0 Å². The molecule has 31 heteroatoms. The lowest BCUT2D eigenvalue weighted by molar-refractivity contribution is -0.139. The number of hydrogen-bond donors (Lipinski definition) is 16. The van der Waals surface area contributed by atoms with Crippen molar-refractivity contribution in [3.63, 3.8) is 0 Å². The Kier molecular flexibility index (Phi) is 40.0. The molecule has 88 heavy (non-hydrogen) atoms. The zero-order valence-electron chi connectivity index (χ0n) is 52.7. The first-order valence-electron chi connectivity index (χ1n) is 30.0. The Balaban J connectivity index is 6.97. The van der Waals surface area contributed by atoms with E-state index in [9.17, 15) is 82.4 Å². The fourth-order valence-electron chi connectivity index (χ4n) is 8.96. The van der Waals surface area contributed by atoms with Crippen LogP contribution in [0.5, 0.6) is 0 Å². The highest BCUT2D eigenvalue weighted by Gasteiger charge is 2.37. The molecule has 11 amide bonds. The molecular weight excluding hydrogens is 1170 g/mol. The first-order chi connectivity index (χ1) is 41.2. The van der Waals surface area contributed by atoms with Gasteiger partial charge in [0.15, 0.2) is 0 Å². The maximum Gasteiger partial charge on any atom is 0.303 e. The van der Waals surface area contributed by atoms with Crippen LogP contribution in [0.1, 0.15) is 165 Å². The van der Waals surface area contributed by atoms with Crippen LogP contribution in [-0.2, 0) is 67.1 Å². The zero-order chi connectivity index (χ0) is 67.4. The summed E-state index contributed by atoms with van der Waals surface area (Å²) in [7, 11) is 0. The summed E-state index contributed by atoms with van der Waals surface area (Å²) in [6, 6.07) is -13.7. The maximum atomic E-state index is 14.4. The number of carboxylic acids is 3. The topological polar surface area (TPSA) is 498 Å². The number of nitrogens with one attached hydrogen (secondary N) is 10. The van der Waals surface area contributed by atoms with Crippen LogP contribution in [0, 0.1) is 23.7 Å². The highest BCUT2D eigenvalue weighted by molar-refractivity contribution is 7.98. The lowest BCUT2D eigenvalue weighted by atomic mass is 9.98. The van der Waals surface area contributed by atoms with Crippen LogP contribution in [0.2, 0.25) is 0 Å². The van der Waals surface area contributed by atoms with Gasteiger partial charge in [0, 0.05) is 26.2 Å². The van der Waals surface area contributed by atoms with Crippen LogP contribution in [0.4, 0.5) is 0 Å². The Hall–Kier alpha value is -7.15. The fraction of sp³-hybridized carbons (Fsp3) is 0.754. The highest BCUT2D eigenvalue weighted by atomic mass is 32.2. The van der Waals surface area contributed by atoms with Crippen LogP contribution in [0.25, 0.3) is 0 Å². The monoisotopic (exact) mass is 1270 g/mol.